The van der Waals surface area contributed by atoms with E-state index in [0.29, 0.717) is 20.3 Å². The van der Waals surface area contributed by atoms with Gasteiger partial charge in [0.15, 0.2) is 10.2 Å². The second-order valence-corrected chi connectivity index (χ2v) is 12.2. The van der Waals surface area contributed by atoms with Gasteiger partial charge in [-0.15, -0.1) is 0 Å². The SMILES string of the molecule is S=C(Nc1ccccc1)Nc1ccccc1N=Cc1ccc(Cl)cc1.S=C(Nc1ccccc1)Nc1ccccc1N=Cc1ccc(Cl)cc1. The van der Waals surface area contributed by atoms with E-state index < -0.39 is 0 Å². The summed E-state index contributed by atoms with van der Waals surface area (Å²) < 4.78 is 0. The molecule has 0 fully saturated rings. The molecule has 0 aromatic heterocycles. The van der Waals surface area contributed by atoms with Crippen molar-refractivity contribution in [2.24, 2.45) is 9.98 Å². The van der Waals surface area contributed by atoms with Gasteiger partial charge in [0.1, 0.15) is 0 Å². The van der Waals surface area contributed by atoms with Gasteiger partial charge in [0, 0.05) is 33.8 Å². The Labute approximate surface area is 312 Å². The number of hydrogen-bond donors (Lipinski definition) is 4. The van der Waals surface area contributed by atoms with Crippen LogP contribution in [0.3, 0.4) is 0 Å². The first-order chi connectivity index (χ1) is 24.4. The minimum Gasteiger partial charge on any atom is -0.332 e. The van der Waals surface area contributed by atoms with Gasteiger partial charge in [-0.1, -0.05) is 108 Å². The number of halogens is 2. The number of rotatable bonds is 8. The quantitative estimate of drug-likeness (QED) is 0.0923. The molecule has 0 radical (unpaired) electrons. The molecule has 0 heterocycles. The van der Waals surface area contributed by atoms with Crippen LogP contribution in [0.25, 0.3) is 0 Å². The molecular weight excluding hydrogens is 700 g/mol. The van der Waals surface area contributed by atoms with E-state index in [-0.39, 0.29) is 0 Å². The lowest BCUT2D eigenvalue weighted by atomic mass is 10.2. The zero-order chi connectivity index (χ0) is 35.0. The van der Waals surface area contributed by atoms with Crippen molar-refractivity contribution in [1.82, 2.24) is 0 Å². The third-order valence-electron chi connectivity index (χ3n) is 6.81. The molecule has 50 heavy (non-hydrogen) atoms. The second-order valence-electron chi connectivity index (χ2n) is 10.5. The van der Waals surface area contributed by atoms with Gasteiger partial charge in [-0.3, -0.25) is 9.98 Å². The number of thiocarbonyl (C=S) groups is 2. The summed E-state index contributed by atoms with van der Waals surface area (Å²) in [6.45, 7) is 0. The van der Waals surface area contributed by atoms with E-state index in [4.69, 9.17) is 47.6 Å². The van der Waals surface area contributed by atoms with Crippen molar-refractivity contribution in [3.63, 3.8) is 0 Å². The Bertz CT molecular complexity index is 1900. The van der Waals surface area contributed by atoms with Crippen LogP contribution in [-0.4, -0.2) is 22.7 Å². The van der Waals surface area contributed by atoms with Crippen LogP contribution >= 0.6 is 47.6 Å². The fourth-order valence-corrected chi connectivity index (χ4v) is 5.09. The lowest BCUT2D eigenvalue weighted by molar-refractivity contribution is 1.50. The molecule has 0 atom stereocenters. The minimum absolute atomic E-state index is 0.514. The topological polar surface area (TPSA) is 72.8 Å². The molecule has 0 bridgehead atoms. The third-order valence-corrected chi connectivity index (χ3v) is 7.73. The van der Waals surface area contributed by atoms with E-state index in [1.165, 1.54) is 0 Å². The van der Waals surface area contributed by atoms with Gasteiger partial charge in [0.25, 0.3) is 0 Å². The molecule has 248 valence electrons. The number of nitrogens with zero attached hydrogens (tertiary/aromatic N) is 2. The molecule has 10 heteroatoms. The van der Waals surface area contributed by atoms with Gasteiger partial charge in [-0.2, -0.15) is 0 Å². The molecule has 0 unspecified atom stereocenters. The van der Waals surface area contributed by atoms with Crippen LogP contribution in [0.4, 0.5) is 34.1 Å². The van der Waals surface area contributed by atoms with Crippen LogP contribution in [0.5, 0.6) is 0 Å². The lowest BCUT2D eigenvalue weighted by Gasteiger charge is -2.12. The molecule has 6 rings (SSSR count). The standard InChI is InChI=1S/2C20H16ClN3S/c2*21-16-12-10-15(11-13-16)14-22-18-8-4-5-9-19(18)24-20(25)23-17-6-2-1-3-7-17/h2*1-14H,(H2,23,24,25). The molecule has 4 N–H and O–H groups in total. The third kappa shape index (κ3) is 11.9. The zero-order valence-corrected chi connectivity index (χ0v) is 29.8. The summed E-state index contributed by atoms with van der Waals surface area (Å²) in [6.07, 6.45) is 3.59. The first kappa shape index (κ1) is 35.9. The monoisotopic (exact) mass is 730 g/mol. The van der Waals surface area contributed by atoms with Gasteiger partial charge < -0.3 is 21.3 Å². The molecule has 0 aliphatic heterocycles. The molecule has 0 spiro atoms. The Morgan fingerprint density at radius 2 is 0.760 bits per heavy atom. The summed E-state index contributed by atoms with van der Waals surface area (Å²) in [4.78, 5) is 9.10. The number of benzene rings is 6. The molecule has 0 aliphatic rings. The highest BCUT2D eigenvalue weighted by atomic mass is 35.5. The van der Waals surface area contributed by atoms with Crippen LogP contribution in [-0.2, 0) is 0 Å². The Balaban J connectivity index is 0.000000194. The maximum absolute atomic E-state index is 5.90. The normalized spacial score (nSPS) is 10.6. The summed E-state index contributed by atoms with van der Waals surface area (Å²) in [5, 5.41) is 15.1. The zero-order valence-electron chi connectivity index (χ0n) is 26.6. The molecule has 6 nitrogen and oxygen atoms in total. The smallest absolute Gasteiger partial charge is 0.175 e. The van der Waals surface area contributed by atoms with E-state index in [1.54, 1.807) is 12.4 Å². The van der Waals surface area contributed by atoms with Gasteiger partial charge in [0.05, 0.1) is 22.7 Å². The number of nitrogens with one attached hydrogen (secondary N) is 4. The van der Waals surface area contributed by atoms with Crippen molar-refractivity contribution in [2.75, 3.05) is 21.3 Å². The fraction of sp³-hybridized carbons (Fsp3) is 0. The number of hydrogen-bond acceptors (Lipinski definition) is 4. The van der Waals surface area contributed by atoms with E-state index in [0.717, 1.165) is 45.3 Å². The average Bonchev–Trinajstić information content (AvgIpc) is 3.13. The van der Waals surface area contributed by atoms with Crippen molar-refractivity contribution in [3.8, 4) is 0 Å². The maximum atomic E-state index is 5.90. The Kier molecular flexibility index (Phi) is 13.6. The van der Waals surface area contributed by atoms with E-state index >= 15 is 0 Å². The van der Waals surface area contributed by atoms with Crippen molar-refractivity contribution >= 4 is 104 Å². The minimum atomic E-state index is 0.514. The number of anilines is 4. The summed E-state index contributed by atoms with van der Waals surface area (Å²) in [5.41, 5.74) is 7.09. The van der Waals surface area contributed by atoms with E-state index in [2.05, 4.69) is 31.3 Å². The predicted molar refractivity (Wildman–Crippen MR) is 223 cm³/mol. The first-order valence-electron chi connectivity index (χ1n) is 15.4. The van der Waals surface area contributed by atoms with Crippen LogP contribution < -0.4 is 21.3 Å². The van der Waals surface area contributed by atoms with Crippen molar-refractivity contribution in [1.29, 1.82) is 0 Å². The Morgan fingerprint density at radius 1 is 0.420 bits per heavy atom. The van der Waals surface area contributed by atoms with Gasteiger partial charge in [-0.05, 0) is 108 Å². The van der Waals surface area contributed by atoms with Gasteiger partial charge in [-0.25, -0.2) is 0 Å². The largest absolute Gasteiger partial charge is 0.332 e. The highest BCUT2D eigenvalue weighted by molar-refractivity contribution is 7.81. The molecule has 0 aliphatic carbocycles. The van der Waals surface area contributed by atoms with Crippen LogP contribution in [0, 0.1) is 0 Å². The summed E-state index contributed by atoms with van der Waals surface area (Å²) in [7, 11) is 0. The highest BCUT2D eigenvalue weighted by Crippen LogP contribution is 2.26. The second kappa shape index (κ2) is 19.0. The number of para-hydroxylation sites is 6. The molecule has 0 amide bonds. The first-order valence-corrected chi connectivity index (χ1v) is 17.0. The van der Waals surface area contributed by atoms with E-state index in [9.17, 15) is 0 Å². The van der Waals surface area contributed by atoms with Crippen LogP contribution in [0.2, 0.25) is 10.0 Å². The summed E-state index contributed by atoms with van der Waals surface area (Å²) in [6, 6.07) is 50.1. The van der Waals surface area contributed by atoms with E-state index in [1.807, 2.05) is 158 Å². The molecule has 0 saturated heterocycles. The molecular formula is C40H32Cl2N6S2. The fourth-order valence-electron chi connectivity index (χ4n) is 4.38. The van der Waals surface area contributed by atoms with Gasteiger partial charge in [0.2, 0.25) is 0 Å². The molecule has 0 saturated carbocycles. The summed E-state index contributed by atoms with van der Waals surface area (Å²) >= 11 is 22.6. The molecule has 6 aromatic rings. The van der Waals surface area contributed by atoms with Crippen molar-refractivity contribution < 1.29 is 0 Å². The summed E-state index contributed by atoms with van der Waals surface area (Å²) in [5.74, 6) is 0. The maximum Gasteiger partial charge on any atom is 0.175 e. The van der Waals surface area contributed by atoms with Crippen molar-refractivity contribution in [2.45, 2.75) is 0 Å². The Hall–Kier alpha value is -5.38. The van der Waals surface area contributed by atoms with Crippen molar-refractivity contribution in [3.05, 3.63) is 179 Å². The van der Waals surface area contributed by atoms with Gasteiger partial charge >= 0.3 is 0 Å². The highest BCUT2D eigenvalue weighted by Gasteiger charge is 2.05. The van der Waals surface area contributed by atoms with Crippen LogP contribution in [0.15, 0.2) is 168 Å². The molecule has 6 aromatic carbocycles. The average molecular weight is 732 g/mol. The number of aliphatic imine (C=N–C) groups is 2. The predicted octanol–water partition coefficient (Wildman–Crippen LogP) is 11.8. The lowest BCUT2D eigenvalue weighted by Crippen LogP contribution is -2.19. The Morgan fingerprint density at radius 3 is 1.14 bits per heavy atom. The van der Waals surface area contributed by atoms with Crippen LogP contribution in [0.1, 0.15) is 11.1 Å².